The molecule has 8 nitrogen and oxygen atoms in total. The Kier molecular flexibility index (Phi) is 15.3. The smallest absolute Gasteiger partial charge is 0.406 e. The minimum Gasteiger partial charge on any atom is -0.453 e. The average Bonchev–Trinajstić information content (AvgIpc) is 2.50. The minimum absolute atomic E-state index is 0.123. The second kappa shape index (κ2) is 16.2. The molecule has 0 fully saturated rings. The van der Waals surface area contributed by atoms with Gasteiger partial charge in [-0.3, -0.25) is 4.79 Å². The minimum atomic E-state index is -0.470. The number of carbonyl (C=O) groups excluding carboxylic acids is 2. The summed E-state index contributed by atoms with van der Waals surface area (Å²) in [7, 11) is 1.31. The second-order valence-electron chi connectivity index (χ2n) is 4.32. The van der Waals surface area contributed by atoms with E-state index in [4.69, 9.17) is 18.9 Å². The number of hydrogen-bond donors (Lipinski definition) is 1. The van der Waals surface area contributed by atoms with Crippen molar-refractivity contribution in [2.24, 2.45) is 0 Å². The number of amides is 1. The maximum absolute atomic E-state index is 10.7. The predicted octanol–water partition coefficient (Wildman–Crippen LogP) is 0.388. The Bertz CT molecular complexity index is 286. The zero-order valence-electron chi connectivity index (χ0n) is 13.4. The number of nitrogens with one attached hydrogen (secondary N) is 1. The van der Waals surface area contributed by atoms with Crippen LogP contribution in [0.3, 0.4) is 0 Å². The van der Waals surface area contributed by atoms with Gasteiger partial charge in [-0.05, 0) is 6.92 Å². The van der Waals surface area contributed by atoms with Gasteiger partial charge >= 0.3 is 6.09 Å². The molecule has 0 aliphatic rings. The van der Waals surface area contributed by atoms with E-state index in [0.29, 0.717) is 65.8 Å². The van der Waals surface area contributed by atoms with E-state index >= 15 is 0 Å². The Morgan fingerprint density at radius 2 is 1.23 bits per heavy atom. The van der Waals surface area contributed by atoms with Crippen LogP contribution in [-0.2, 0) is 28.5 Å². The van der Waals surface area contributed by atoms with E-state index in [-0.39, 0.29) is 5.78 Å². The number of hydrogen-bond acceptors (Lipinski definition) is 7. The highest BCUT2D eigenvalue weighted by atomic mass is 16.6. The van der Waals surface area contributed by atoms with Crippen molar-refractivity contribution < 1.29 is 33.3 Å². The van der Waals surface area contributed by atoms with Crippen LogP contribution in [0.15, 0.2) is 0 Å². The standard InChI is InChI=1S/C14H27NO7/c1-13(16)3-5-19-7-9-21-11-12-22-10-8-20-6-4-15-14(17)18-2/h3-12H2,1-2H3,(H,15,17). The highest BCUT2D eigenvalue weighted by Crippen LogP contribution is 1.86. The molecule has 8 heteroatoms. The van der Waals surface area contributed by atoms with Crippen LogP contribution in [0.2, 0.25) is 0 Å². The normalized spacial score (nSPS) is 10.5. The summed E-state index contributed by atoms with van der Waals surface area (Å²) in [6.45, 7) is 5.64. The third kappa shape index (κ3) is 16.8. The van der Waals surface area contributed by atoms with Crippen LogP contribution in [0.25, 0.3) is 0 Å². The van der Waals surface area contributed by atoms with Gasteiger partial charge in [-0.25, -0.2) is 4.79 Å². The van der Waals surface area contributed by atoms with E-state index in [1.807, 2.05) is 0 Å². The molecule has 0 aromatic rings. The lowest BCUT2D eigenvalue weighted by atomic mass is 10.3. The zero-order valence-corrected chi connectivity index (χ0v) is 13.4. The van der Waals surface area contributed by atoms with Crippen molar-refractivity contribution in [1.29, 1.82) is 0 Å². The van der Waals surface area contributed by atoms with E-state index in [9.17, 15) is 9.59 Å². The maximum Gasteiger partial charge on any atom is 0.406 e. The number of ketones is 1. The number of methoxy groups -OCH3 is 1. The third-order valence-electron chi connectivity index (χ3n) is 2.42. The average molecular weight is 321 g/mol. The molecule has 0 aliphatic heterocycles. The Hall–Kier alpha value is -1.22. The summed E-state index contributed by atoms with van der Waals surface area (Å²) in [5.74, 6) is 0.123. The lowest BCUT2D eigenvalue weighted by molar-refractivity contribution is -0.118. The summed E-state index contributed by atoms with van der Waals surface area (Å²) >= 11 is 0. The first kappa shape index (κ1) is 20.8. The van der Waals surface area contributed by atoms with Gasteiger partial charge in [-0.15, -0.1) is 0 Å². The molecule has 130 valence electrons. The molecule has 0 aromatic heterocycles. The van der Waals surface area contributed by atoms with Gasteiger partial charge in [0.15, 0.2) is 0 Å². The van der Waals surface area contributed by atoms with Gasteiger partial charge in [0.25, 0.3) is 0 Å². The molecule has 0 unspecified atom stereocenters. The molecule has 0 aromatic carbocycles. The molecule has 0 spiro atoms. The Morgan fingerprint density at radius 1 is 0.773 bits per heavy atom. The highest BCUT2D eigenvalue weighted by molar-refractivity contribution is 5.75. The second-order valence-corrected chi connectivity index (χ2v) is 4.32. The molecular formula is C14H27NO7. The molecule has 0 saturated heterocycles. The Balaban J connectivity index is 3.02. The fourth-order valence-corrected chi connectivity index (χ4v) is 1.28. The van der Waals surface area contributed by atoms with E-state index in [1.54, 1.807) is 0 Å². The van der Waals surface area contributed by atoms with E-state index in [0.717, 1.165) is 0 Å². The molecular weight excluding hydrogens is 294 g/mol. The number of rotatable bonds is 15. The van der Waals surface area contributed by atoms with E-state index < -0.39 is 6.09 Å². The van der Waals surface area contributed by atoms with Crippen molar-refractivity contribution >= 4 is 11.9 Å². The predicted molar refractivity (Wildman–Crippen MR) is 79.0 cm³/mol. The van der Waals surface area contributed by atoms with Gasteiger partial charge in [0.1, 0.15) is 5.78 Å². The SMILES string of the molecule is COC(=O)NCCOCCOCCOCCOCCC(C)=O. The zero-order chi connectivity index (χ0) is 16.5. The molecule has 0 bridgehead atoms. The van der Waals surface area contributed by atoms with Crippen LogP contribution in [0, 0.1) is 0 Å². The molecule has 22 heavy (non-hydrogen) atoms. The monoisotopic (exact) mass is 321 g/mol. The van der Waals surface area contributed by atoms with Crippen LogP contribution < -0.4 is 5.32 Å². The summed E-state index contributed by atoms with van der Waals surface area (Å²) in [6, 6.07) is 0. The van der Waals surface area contributed by atoms with Crippen molar-refractivity contribution in [2.75, 3.05) is 66.5 Å². The Morgan fingerprint density at radius 3 is 1.68 bits per heavy atom. The fourth-order valence-electron chi connectivity index (χ4n) is 1.28. The Labute approximate surface area is 131 Å². The lowest BCUT2D eigenvalue weighted by Crippen LogP contribution is -2.27. The van der Waals surface area contributed by atoms with Gasteiger partial charge in [0, 0.05) is 13.0 Å². The van der Waals surface area contributed by atoms with E-state index in [2.05, 4.69) is 10.1 Å². The van der Waals surface area contributed by atoms with Crippen LogP contribution >= 0.6 is 0 Å². The molecule has 0 saturated carbocycles. The lowest BCUT2D eigenvalue weighted by Gasteiger charge is -2.07. The van der Waals surface area contributed by atoms with E-state index in [1.165, 1.54) is 14.0 Å². The van der Waals surface area contributed by atoms with Crippen molar-refractivity contribution in [3.63, 3.8) is 0 Å². The van der Waals surface area contributed by atoms with Crippen molar-refractivity contribution in [1.82, 2.24) is 5.32 Å². The first-order valence-electron chi connectivity index (χ1n) is 7.29. The first-order chi connectivity index (χ1) is 10.7. The summed E-state index contributed by atoms with van der Waals surface area (Å²) in [4.78, 5) is 21.4. The number of Topliss-reactive ketones (excluding diaryl/α,β-unsaturated/α-hetero) is 1. The molecule has 0 atom stereocenters. The third-order valence-corrected chi connectivity index (χ3v) is 2.42. The molecule has 1 amide bonds. The molecule has 1 N–H and O–H groups in total. The summed E-state index contributed by atoms with van der Waals surface area (Å²) in [6.07, 6.45) is -0.0274. The molecule has 0 radical (unpaired) electrons. The van der Waals surface area contributed by atoms with Gasteiger partial charge in [0.2, 0.25) is 0 Å². The largest absolute Gasteiger partial charge is 0.453 e. The van der Waals surface area contributed by atoms with Crippen LogP contribution in [-0.4, -0.2) is 78.4 Å². The topological polar surface area (TPSA) is 92.3 Å². The van der Waals surface area contributed by atoms with Gasteiger partial charge < -0.3 is 29.0 Å². The molecule has 0 heterocycles. The van der Waals surface area contributed by atoms with Gasteiger partial charge in [-0.1, -0.05) is 0 Å². The van der Waals surface area contributed by atoms with Crippen LogP contribution in [0.4, 0.5) is 4.79 Å². The molecule has 0 aliphatic carbocycles. The van der Waals surface area contributed by atoms with Gasteiger partial charge in [-0.2, -0.15) is 0 Å². The summed E-state index contributed by atoms with van der Waals surface area (Å²) in [5.41, 5.74) is 0. The number of ether oxygens (including phenoxy) is 5. The fraction of sp³-hybridized carbons (Fsp3) is 0.857. The van der Waals surface area contributed by atoms with Crippen molar-refractivity contribution in [3.8, 4) is 0 Å². The molecule has 0 rings (SSSR count). The van der Waals surface area contributed by atoms with Crippen LogP contribution in [0.5, 0.6) is 0 Å². The quantitative estimate of drug-likeness (QED) is 0.436. The maximum atomic E-state index is 10.7. The first-order valence-corrected chi connectivity index (χ1v) is 7.29. The van der Waals surface area contributed by atoms with Crippen molar-refractivity contribution in [2.45, 2.75) is 13.3 Å². The van der Waals surface area contributed by atoms with Crippen LogP contribution in [0.1, 0.15) is 13.3 Å². The summed E-state index contributed by atoms with van der Waals surface area (Å²) in [5, 5.41) is 2.50. The van der Waals surface area contributed by atoms with Crippen molar-refractivity contribution in [3.05, 3.63) is 0 Å². The summed E-state index contributed by atoms with van der Waals surface area (Å²) < 4.78 is 25.4. The number of alkyl carbamates (subject to hydrolysis) is 1. The van der Waals surface area contributed by atoms with Gasteiger partial charge in [0.05, 0.1) is 60.0 Å². The number of carbonyl (C=O) groups is 2. The highest BCUT2D eigenvalue weighted by Gasteiger charge is 1.97.